The van der Waals surface area contributed by atoms with Gasteiger partial charge in [0.05, 0.1) is 17.7 Å². The first-order valence-corrected chi connectivity index (χ1v) is 6.22. The summed E-state index contributed by atoms with van der Waals surface area (Å²) in [6.07, 6.45) is 4.49. The van der Waals surface area contributed by atoms with Crippen molar-refractivity contribution in [2.24, 2.45) is 0 Å². The van der Waals surface area contributed by atoms with E-state index in [2.05, 4.69) is 6.07 Å². The number of nitriles is 1. The lowest BCUT2D eigenvalue weighted by atomic mass is 10.2. The quantitative estimate of drug-likeness (QED) is 0.612. The van der Waals surface area contributed by atoms with E-state index in [4.69, 9.17) is 26.7 Å². The van der Waals surface area contributed by atoms with Crippen molar-refractivity contribution >= 4 is 23.6 Å². The molecule has 0 aliphatic heterocycles. The van der Waals surface area contributed by atoms with E-state index in [1.165, 1.54) is 6.08 Å². The van der Waals surface area contributed by atoms with E-state index in [1.54, 1.807) is 18.2 Å². The fourth-order valence-electron chi connectivity index (χ4n) is 1.45. The van der Waals surface area contributed by atoms with E-state index >= 15 is 0 Å². The number of nitrogens with zero attached hydrogens (tertiary/aromatic N) is 1. The Morgan fingerprint density at radius 3 is 2.95 bits per heavy atom. The number of rotatable bonds is 7. The molecule has 0 saturated carbocycles. The number of para-hydroxylation sites is 1. The molecule has 0 aromatic heterocycles. The van der Waals surface area contributed by atoms with Gasteiger partial charge in [0.15, 0.2) is 0 Å². The third-order valence-corrected chi connectivity index (χ3v) is 2.63. The molecule has 5 heteroatoms. The fourth-order valence-corrected chi connectivity index (χ4v) is 1.69. The Kier molecular flexibility index (Phi) is 6.48. The van der Waals surface area contributed by atoms with Gasteiger partial charge in [0.2, 0.25) is 0 Å². The van der Waals surface area contributed by atoms with Crippen LogP contribution in [0.1, 0.15) is 24.8 Å². The molecule has 4 nitrogen and oxygen atoms in total. The van der Waals surface area contributed by atoms with Gasteiger partial charge < -0.3 is 9.84 Å². The van der Waals surface area contributed by atoms with Gasteiger partial charge >= 0.3 is 5.97 Å². The molecule has 0 fully saturated rings. The highest BCUT2D eigenvalue weighted by Gasteiger charge is 2.06. The van der Waals surface area contributed by atoms with Crippen molar-refractivity contribution in [3.8, 4) is 11.8 Å². The summed E-state index contributed by atoms with van der Waals surface area (Å²) in [4.78, 5) is 10.5. The third-order valence-electron chi connectivity index (χ3n) is 2.33. The zero-order chi connectivity index (χ0) is 14.1. The Bertz CT molecular complexity index is 506. The van der Waals surface area contributed by atoms with Crippen molar-refractivity contribution in [3.05, 3.63) is 34.9 Å². The number of aliphatic carboxylic acids is 1. The number of carbonyl (C=O) groups is 1. The highest BCUT2D eigenvalue weighted by molar-refractivity contribution is 6.32. The van der Waals surface area contributed by atoms with Crippen LogP contribution < -0.4 is 4.74 Å². The number of hydrogen-bond donors (Lipinski definition) is 1. The lowest BCUT2D eigenvalue weighted by Crippen LogP contribution is -1.99. The Morgan fingerprint density at radius 1 is 1.47 bits per heavy atom. The number of carboxylic acids is 1. The Labute approximate surface area is 116 Å². The smallest absolute Gasteiger partial charge is 0.328 e. The van der Waals surface area contributed by atoms with Crippen molar-refractivity contribution < 1.29 is 14.6 Å². The average Bonchev–Trinajstić information content (AvgIpc) is 2.38. The largest absolute Gasteiger partial charge is 0.491 e. The Balaban J connectivity index is 2.70. The Morgan fingerprint density at radius 2 is 2.26 bits per heavy atom. The van der Waals surface area contributed by atoms with Crippen LogP contribution in [0.2, 0.25) is 5.02 Å². The molecule has 100 valence electrons. The predicted molar refractivity (Wildman–Crippen MR) is 73.1 cm³/mol. The first-order chi connectivity index (χ1) is 9.15. The first kappa shape index (κ1) is 15.1. The number of unbranched alkanes of at least 4 members (excludes halogenated alkanes) is 2. The zero-order valence-corrected chi connectivity index (χ0v) is 11.1. The summed E-state index contributed by atoms with van der Waals surface area (Å²) in [5.41, 5.74) is 0.621. The van der Waals surface area contributed by atoms with E-state index in [9.17, 15) is 4.79 Å². The molecule has 1 aromatic rings. The van der Waals surface area contributed by atoms with Crippen molar-refractivity contribution in [1.29, 1.82) is 5.26 Å². The van der Waals surface area contributed by atoms with E-state index in [-0.39, 0.29) is 0 Å². The van der Waals surface area contributed by atoms with Crippen LogP contribution in [0.25, 0.3) is 6.08 Å². The van der Waals surface area contributed by atoms with E-state index in [0.717, 1.165) is 18.9 Å². The molecule has 0 heterocycles. The molecule has 1 aromatic carbocycles. The molecule has 0 unspecified atom stereocenters. The molecule has 0 atom stereocenters. The van der Waals surface area contributed by atoms with Crippen LogP contribution in [0.15, 0.2) is 24.3 Å². The molecule has 0 radical (unpaired) electrons. The molecule has 0 saturated heterocycles. The summed E-state index contributed by atoms with van der Waals surface area (Å²) >= 11 is 6.03. The summed E-state index contributed by atoms with van der Waals surface area (Å²) in [5, 5.41) is 17.5. The first-order valence-electron chi connectivity index (χ1n) is 5.84. The van der Waals surface area contributed by atoms with Gasteiger partial charge in [0.1, 0.15) is 5.75 Å². The summed E-state index contributed by atoms with van der Waals surface area (Å²) in [6.45, 7) is 0.444. The van der Waals surface area contributed by atoms with Gasteiger partial charge in [0.25, 0.3) is 0 Å². The number of halogens is 1. The number of carboxylic acid groups (broad SMARTS) is 1. The topological polar surface area (TPSA) is 70.3 Å². The van der Waals surface area contributed by atoms with Crippen molar-refractivity contribution in [3.63, 3.8) is 0 Å². The lowest BCUT2D eigenvalue weighted by Gasteiger charge is -2.10. The summed E-state index contributed by atoms with van der Waals surface area (Å²) in [6, 6.07) is 7.21. The van der Waals surface area contributed by atoms with Crippen molar-refractivity contribution in [2.45, 2.75) is 19.3 Å². The third kappa shape index (κ3) is 5.45. The van der Waals surface area contributed by atoms with Crippen LogP contribution in [0.3, 0.4) is 0 Å². The van der Waals surface area contributed by atoms with E-state index in [1.807, 2.05) is 0 Å². The monoisotopic (exact) mass is 279 g/mol. The van der Waals surface area contributed by atoms with Crippen molar-refractivity contribution in [1.82, 2.24) is 0 Å². The molecular formula is C14H14ClNO3. The number of benzene rings is 1. The molecule has 0 spiro atoms. The van der Waals surface area contributed by atoms with Crippen LogP contribution in [0, 0.1) is 11.3 Å². The maximum Gasteiger partial charge on any atom is 0.328 e. The second-order valence-electron chi connectivity index (χ2n) is 3.79. The van der Waals surface area contributed by atoms with Crippen molar-refractivity contribution in [2.75, 3.05) is 6.61 Å². The van der Waals surface area contributed by atoms with Gasteiger partial charge in [-0.15, -0.1) is 0 Å². The minimum atomic E-state index is -1.03. The fraction of sp³-hybridized carbons (Fsp3) is 0.286. The summed E-state index contributed by atoms with van der Waals surface area (Å²) in [5.74, 6) is -0.557. The average molecular weight is 280 g/mol. The van der Waals surface area contributed by atoms with Gasteiger partial charge in [-0.25, -0.2) is 4.79 Å². The molecule has 0 aliphatic rings. The number of ether oxygens (including phenoxy) is 1. The maximum atomic E-state index is 10.5. The summed E-state index contributed by atoms with van der Waals surface area (Å²) in [7, 11) is 0. The molecular weight excluding hydrogens is 266 g/mol. The van der Waals surface area contributed by atoms with Crippen LogP contribution in [0.4, 0.5) is 0 Å². The van der Waals surface area contributed by atoms with Gasteiger partial charge in [-0.3, -0.25) is 0 Å². The standard InChI is InChI=1S/C14H14ClNO3/c15-12-6-4-5-11(7-8-13(17)18)14(12)19-10-3-1-2-9-16/h4-8H,1-3,10H2,(H,17,18)/b8-7+. The van der Waals surface area contributed by atoms with Gasteiger partial charge in [0, 0.05) is 18.1 Å². The highest BCUT2D eigenvalue weighted by atomic mass is 35.5. The van der Waals surface area contributed by atoms with Gasteiger partial charge in [-0.05, 0) is 25.0 Å². The SMILES string of the molecule is N#CCCCCOc1c(Cl)cccc1/C=C/C(=O)O. The molecule has 0 amide bonds. The molecule has 1 N–H and O–H groups in total. The lowest BCUT2D eigenvalue weighted by molar-refractivity contribution is -0.131. The van der Waals surface area contributed by atoms with Gasteiger partial charge in [-0.2, -0.15) is 5.26 Å². The van der Waals surface area contributed by atoms with Crippen LogP contribution in [0.5, 0.6) is 5.75 Å². The number of hydrogen-bond acceptors (Lipinski definition) is 3. The molecule has 0 bridgehead atoms. The molecule has 19 heavy (non-hydrogen) atoms. The summed E-state index contributed by atoms with van der Waals surface area (Å²) < 4.78 is 5.56. The second-order valence-corrected chi connectivity index (χ2v) is 4.20. The van der Waals surface area contributed by atoms with E-state index < -0.39 is 5.97 Å². The minimum absolute atomic E-state index is 0.438. The predicted octanol–water partition coefficient (Wildman–Crippen LogP) is 3.51. The van der Waals surface area contributed by atoms with E-state index in [0.29, 0.717) is 29.4 Å². The van der Waals surface area contributed by atoms with Gasteiger partial charge in [-0.1, -0.05) is 23.7 Å². The minimum Gasteiger partial charge on any atom is -0.491 e. The Hall–Kier alpha value is -1.99. The molecule has 1 rings (SSSR count). The zero-order valence-electron chi connectivity index (χ0n) is 10.3. The normalized spacial score (nSPS) is 10.3. The van der Waals surface area contributed by atoms with Crippen LogP contribution >= 0.6 is 11.6 Å². The highest BCUT2D eigenvalue weighted by Crippen LogP contribution is 2.29. The second kappa shape index (κ2) is 8.17. The van der Waals surface area contributed by atoms with Crippen LogP contribution in [-0.2, 0) is 4.79 Å². The maximum absolute atomic E-state index is 10.5. The molecule has 0 aliphatic carbocycles. The van der Waals surface area contributed by atoms with Crippen LogP contribution in [-0.4, -0.2) is 17.7 Å².